The number of anilines is 2. The van der Waals surface area contributed by atoms with Crippen molar-refractivity contribution < 1.29 is 9.37 Å². The van der Waals surface area contributed by atoms with E-state index in [4.69, 9.17) is 0 Å². The van der Waals surface area contributed by atoms with Crippen LogP contribution in [0.1, 0.15) is 26.3 Å². The summed E-state index contributed by atoms with van der Waals surface area (Å²) in [6.45, 7) is 5.93. The standard InChI is InChI=1S/C21H23N3O/c1-15(25)23-17-10-11-19-18(14-17)21(2,3)20(24(19)4)12-13-22-16-8-6-5-7-9-16/h5-14H,1-4H3,(H,23,25)/p+1. The second-order valence-corrected chi connectivity index (χ2v) is 6.83. The molecule has 1 aliphatic rings. The van der Waals surface area contributed by atoms with Crippen LogP contribution in [0.15, 0.2) is 60.8 Å². The minimum atomic E-state index is -0.145. The third-order valence-corrected chi connectivity index (χ3v) is 4.62. The molecule has 0 fully saturated rings. The highest BCUT2D eigenvalue weighted by Gasteiger charge is 2.43. The van der Waals surface area contributed by atoms with Crippen LogP contribution in [0, 0.1) is 0 Å². The zero-order valence-electron chi connectivity index (χ0n) is 15.1. The summed E-state index contributed by atoms with van der Waals surface area (Å²) >= 11 is 0. The fourth-order valence-corrected chi connectivity index (χ4v) is 3.37. The van der Waals surface area contributed by atoms with Crippen LogP contribution in [0.4, 0.5) is 17.1 Å². The minimum Gasteiger partial charge on any atom is -0.361 e. The first-order valence-electron chi connectivity index (χ1n) is 8.41. The van der Waals surface area contributed by atoms with Crippen molar-refractivity contribution in [1.82, 2.24) is 0 Å². The predicted octanol–water partition coefficient (Wildman–Crippen LogP) is 4.28. The lowest BCUT2D eigenvalue weighted by Gasteiger charge is -2.16. The summed E-state index contributed by atoms with van der Waals surface area (Å²) in [6, 6.07) is 16.2. The second-order valence-electron chi connectivity index (χ2n) is 6.83. The number of amides is 1. The Morgan fingerprint density at radius 3 is 2.48 bits per heavy atom. The Morgan fingerprint density at radius 2 is 1.80 bits per heavy atom. The predicted molar refractivity (Wildman–Crippen MR) is 104 cm³/mol. The lowest BCUT2D eigenvalue weighted by Crippen LogP contribution is -2.27. The van der Waals surface area contributed by atoms with E-state index in [1.807, 2.05) is 42.6 Å². The lowest BCUT2D eigenvalue weighted by atomic mass is 9.81. The van der Waals surface area contributed by atoms with Crippen molar-refractivity contribution in [1.29, 1.82) is 0 Å². The topological polar surface area (TPSA) is 44.1 Å². The second kappa shape index (κ2) is 6.55. The molecule has 0 saturated carbocycles. The summed E-state index contributed by atoms with van der Waals surface area (Å²) in [5.41, 5.74) is 5.32. The summed E-state index contributed by atoms with van der Waals surface area (Å²) in [7, 11) is 2.08. The normalized spacial score (nSPS) is 15.4. The molecule has 1 heterocycles. The van der Waals surface area contributed by atoms with Crippen LogP contribution in [0.3, 0.4) is 0 Å². The van der Waals surface area contributed by atoms with Gasteiger partial charge in [0.25, 0.3) is 0 Å². The third-order valence-electron chi connectivity index (χ3n) is 4.62. The molecule has 25 heavy (non-hydrogen) atoms. The first-order chi connectivity index (χ1) is 11.9. The number of allylic oxidation sites excluding steroid dienone is 1. The van der Waals surface area contributed by atoms with E-state index < -0.39 is 0 Å². The quantitative estimate of drug-likeness (QED) is 0.820. The Balaban J connectivity index is 1.88. The summed E-state index contributed by atoms with van der Waals surface area (Å²) in [5, 5.41) is 6.18. The van der Waals surface area contributed by atoms with Crippen molar-refractivity contribution in [2.75, 3.05) is 17.7 Å². The molecule has 1 aliphatic heterocycles. The number of rotatable bonds is 4. The molecule has 0 bridgehead atoms. The Labute approximate surface area is 148 Å². The molecule has 4 heteroatoms. The molecule has 2 N–H and O–H groups in total. The number of benzene rings is 2. The highest BCUT2D eigenvalue weighted by molar-refractivity contribution is 6.03. The fraction of sp³-hybridized carbons (Fsp3) is 0.238. The molecule has 0 spiro atoms. The van der Waals surface area contributed by atoms with Gasteiger partial charge in [0, 0.05) is 42.2 Å². The summed E-state index contributed by atoms with van der Waals surface area (Å²) in [5.74, 6) is -0.0553. The van der Waals surface area contributed by atoms with Gasteiger partial charge >= 0.3 is 0 Å². The van der Waals surface area contributed by atoms with Gasteiger partial charge in [-0.1, -0.05) is 18.2 Å². The molecule has 4 nitrogen and oxygen atoms in total. The fourth-order valence-electron chi connectivity index (χ4n) is 3.37. The van der Waals surface area contributed by atoms with Crippen molar-refractivity contribution >= 4 is 28.7 Å². The minimum absolute atomic E-state index is 0.0553. The number of para-hydroxylation sites is 1. The number of hydrogen-bond donors (Lipinski definition) is 2. The van der Waals surface area contributed by atoms with E-state index in [0.717, 1.165) is 11.4 Å². The van der Waals surface area contributed by atoms with Gasteiger partial charge in [0.2, 0.25) is 11.6 Å². The number of carbonyl (C=O) groups excluding carboxylic acids is 1. The van der Waals surface area contributed by atoms with Crippen LogP contribution in [0.25, 0.3) is 0 Å². The molecule has 0 radical (unpaired) electrons. The number of hydrogen-bond acceptors (Lipinski definition) is 2. The van der Waals surface area contributed by atoms with Crippen molar-refractivity contribution in [2.45, 2.75) is 26.2 Å². The van der Waals surface area contributed by atoms with Gasteiger partial charge in [-0.2, -0.15) is 4.58 Å². The first kappa shape index (κ1) is 17.0. The molecule has 0 unspecified atom stereocenters. The zero-order chi connectivity index (χ0) is 18.0. The lowest BCUT2D eigenvalue weighted by molar-refractivity contribution is -0.401. The molecular formula is C21H24N3O+. The largest absolute Gasteiger partial charge is 0.361 e. The number of fused-ring (bicyclic) bond motifs is 1. The maximum Gasteiger partial charge on any atom is 0.221 e. The van der Waals surface area contributed by atoms with E-state index in [2.05, 4.69) is 54.3 Å². The summed E-state index contributed by atoms with van der Waals surface area (Å²) in [6.07, 6.45) is 4.09. The molecule has 2 aromatic carbocycles. The van der Waals surface area contributed by atoms with Gasteiger partial charge in [-0.05, 0) is 38.1 Å². The molecular weight excluding hydrogens is 310 g/mol. The van der Waals surface area contributed by atoms with Crippen molar-refractivity contribution in [3.63, 3.8) is 0 Å². The third kappa shape index (κ3) is 3.33. The van der Waals surface area contributed by atoms with Crippen LogP contribution in [0.2, 0.25) is 0 Å². The molecule has 0 atom stereocenters. The van der Waals surface area contributed by atoms with E-state index in [0.29, 0.717) is 0 Å². The Morgan fingerprint density at radius 1 is 1.08 bits per heavy atom. The van der Waals surface area contributed by atoms with Gasteiger partial charge in [-0.3, -0.25) is 4.79 Å². The average Bonchev–Trinajstić information content (AvgIpc) is 2.76. The molecule has 3 rings (SSSR count). The number of nitrogens with zero attached hydrogens (tertiary/aromatic N) is 1. The SMILES string of the molecule is CC(=O)Nc1ccc2c(c1)C(C)(C)C(C=CNc1ccccc1)=[N+]2C. The Bertz CT molecular complexity index is 864. The highest BCUT2D eigenvalue weighted by Crippen LogP contribution is 2.40. The monoisotopic (exact) mass is 334 g/mol. The van der Waals surface area contributed by atoms with Gasteiger partial charge in [0.05, 0.1) is 5.41 Å². The van der Waals surface area contributed by atoms with Gasteiger partial charge in [-0.25, -0.2) is 0 Å². The molecule has 0 aliphatic carbocycles. The smallest absolute Gasteiger partial charge is 0.221 e. The number of carbonyl (C=O) groups is 1. The van der Waals surface area contributed by atoms with Crippen LogP contribution in [-0.2, 0) is 10.2 Å². The van der Waals surface area contributed by atoms with E-state index in [1.54, 1.807) is 0 Å². The molecule has 128 valence electrons. The van der Waals surface area contributed by atoms with E-state index >= 15 is 0 Å². The molecule has 2 aromatic rings. The summed E-state index contributed by atoms with van der Waals surface area (Å²) in [4.78, 5) is 11.3. The van der Waals surface area contributed by atoms with Gasteiger partial charge < -0.3 is 10.6 Å². The van der Waals surface area contributed by atoms with Crippen LogP contribution in [-0.4, -0.2) is 23.2 Å². The molecule has 0 saturated heterocycles. The van der Waals surface area contributed by atoms with Crippen LogP contribution >= 0.6 is 0 Å². The Hall–Kier alpha value is -2.88. The maximum atomic E-state index is 11.3. The van der Waals surface area contributed by atoms with E-state index in [-0.39, 0.29) is 11.3 Å². The van der Waals surface area contributed by atoms with Crippen LogP contribution < -0.4 is 10.6 Å². The van der Waals surface area contributed by atoms with Gasteiger partial charge in [0.15, 0.2) is 5.71 Å². The van der Waals surface area contributed by atoms with Crippen molar-refractivity contribution in [2.24, 2.45) is 0 Å². The van der Waals surface area contributed by atoms with Gasteiger partial charge in [0.1, 0.15) is 7.05 Å². The summed E-state index contributed by atoms with van der Waals surface area (Å²) < 4.78 is 2.20. The van der Waals surface area contributed by atoms with Gasteiger partial charge in [-0.15, -0.1) is 0 Å². The molecule has 1 amide bonds. The highest BCUT2D eigenvalue weighted by atomic mass is 16.1. The first-order valence-corrected chi connectivity index (χ1v) is 8.41. The maximum absolute atomic E-state index is 11.3. The number of nitrogens with one attached hydrogen (secondary N) is 2. The van der Waals surface area contributed by atoms with Crippen LogP contribution in [0.5, 0.6) is 0 Å². The van der Waals surface area contributed by atoms with Crippen molar-refractivity contribution in [3.05, 3.63) is 66.4 Å². The average molecular weight is 334 g/mol. The van der Waals surface area contributed by atoms with E-state index in [9.17, 15) is 4.79 Å². The zero-order valence-corrected chi connectivity index (χ0v) is 15.1. The Kier molecular flexibility index (Phi) is 4.45. The molecule has 0 aromatic heterocycles. The van der Waals surface area contributed by atoms with E-state index in [1.165, 1.54) is 23.9 Å². The van der Waals surface area contributed by atoms with Crippen molar-refractivity contribution in [3.8, 4) is 0 Å².